The lowest BCUT2D eigenvalue weighted by atomic mass is 9.78. The predicted octanol–water partition coefficient (Wildman–Crippen LogP) is 1.39. The number of hydrogen-bond donors (Lipinski definition) is 1. The maximum Gasteiger partial charge on any atom is 0.248 e. The number of nitrogens with two attached hydrogens (primary N) is 1. The van der Waals surface area contributed by atoms with Crippen LogP contribution >= 0.6 is 0 Å². The van der Waals surface area contributed by atoms with Crippen LogP contribution in [-0.2, 0) is 4.79 Å². The summed E-state index contributed by atoms with van der Waals surface area (Å²) in [6.45, 7) is 4.38. The summed E-state index contributed by atoms with van der Waals surface area (Å²) in [5.74, 6) is 1.21. The number of likely N-dealkylation sites (N-methyl/N-ethyl adjacent to an activating group) is 1. The van der Waals surface area contributed by atoms with E-state index in [1.807, 2.05) is 0 Å². The van der Waals surface area contributed by atoms with Crippen LogP contribution in [0.2, 0.25) is 0 Å². The highest BCUT2D eigenvalue weighted by Crippen LogP contribution is 2.28. The molecule has 3 heteroatoms. The Balaban J connectivity index is 2.71. The lowest BCUT2D eigenvalue weighted by Crippen LogP contribution is -2.38. The molecule has 0 radical (unpaired) electrons. The Labute approximate surface area is 92.3 Å². The minimum absolute atomic E-state index is 0.104. The molecule has 0 aromatic rings. The fraction of sp³-hybridized carbons (Fsp3) is 0.750. The van der Waals surface area contributed by atoms with E-state index in [-0.39, 0.29) is 11.9 Å². The van der Waals surface area contributed by atoms with Gasteiger partial charge in [-0.15, -0.1) is 0 Å². The van der Waals surface area contributed by atoms with Crippen LogP contribution in [0.1, 0.15) is 26.7 Å². The van der Waals surface area contributed by atoms with Crippen LogP contribution in [0.5, 0.6) is 0 Å². The van der Waals surface area contributed by atoms with Gasteiger partial charge in [0.1, 0.15) is 0 Å². The van der Waals surface area contributed by atoms with Gasteiger partial charge < -0.3 is 10.6 Å². The van der Waals surface area contributed by atoms with Crippen molar-refractivity contribution in [2.45, 2.75) is 32.7 Å². The van der Waals surface area contributed by atoms with E-state index in [1.165, 1.54) is 0 Å². The van der Waals surface area contributed by atoms with Crippen LogP contribution in [0.3, 0.4) is 0 Å². The van der Waals surface area contributed by atoms with Crippen LogP contribution in [0.25, 0.3) is 0 Å². The summed E-state index contributed by atoms with van der Waals surface area (Å²) < 4.78 is 0. The van der Waals surface area contributed by atoms with Crippen molar-refractivity contribution >= 4 is 5.91 Å². The SMILES string of the molecule is CC(C)[C@H]1CC=C(C(=O)N(C)C)C[C@@H]1N. The first-order valence-corrected chi connectivity index (χ1v) is 5.59. The zero-order valence-electron chi connectivity index (χ0n) is 10.2. The molecule has 15 heavy (non-hydrogen) atoms. The van der Waals surface area contributed by atoms with Crippen LogP contribution < -0.4 is 5.73 Å². The van der Waals surface area contributed by atoms with Crippen molar-refractivity contribution in [2.75, 3.05) is 14.1 Å². The van der Waals surface area contributed by atoms with Gasteiger partial charge in [-0.3, -0.25) is 4.79 Å². The summed E-state index contributed by atoms with van der Waals surface area (Å²) in [6, 6.07) is 0.133. The molecule has 0 bridgehead atoms. The highest BCUT2D eigenvalue weighted by atomic mass is 16.2. The number of carbonyl (C=O) groups is 1. The molecule has 2 atom stereocenters. The van der Waals surface area contributed by atoms with Gasteiger partial charge >= 0.3 is 0 Å². The molecule has 0 saturated carbocycles. The molecule has 86 valence electrons. The Hall–Kier alpha value is -0.830. The molecule has 0 unspecified atom stereocenters. The van der Waals surface area contributed by atoms with Crippen molar-refractivity contribution in [1.82, 2.24) is 4.90 Å². The van der Waals surface area contributed by atoms with Crippen molar-refractivity contribution in [1.29, 1.82) is 0 Å². The largest absolute Gasteiger partial charge is 0.345 e. The number of amides is 1. The lowest BCUT2D eigenvalue weighted by molar-refractivity contribution is -0.125. The predicted molar refractivity (Wildman–Crippen MR) is 62.3 cm³/mol. The maximum atomic E-state index is 11.7. The molecule has 1 aliphatic rings. The second kappa shape index (κ2) is 4.79. The molecule has 2 N–H and O–H groups in total. The van der Waals surface area contributed by atoms with E-state index in [1.54, 1.807) is 19.0 Å². The second-order valence-corrected chi connectivity index (χ2v) is 4.94. The quantitative estimate of drug-likeness (QED) is 0.748. The van der Waals surface area contributed by atoms with Gasteiger partial charge in [-0.25, -0.2) is 0 Å². The van der Waals surface area contributed by atoms with E-state index in [4.69, 9.17) is 5.73 Å². The average molecular weight is 210 g/mol. The van der Waals surface area contributed by atoms with Crippen LogP contribution in [0, 0.1) is 11.8 Å². The van der Waals surface area contributed by atoms with Gasteiger partial charge in [0.2, 0.25) is 5.91 Å². The smallest absolute Gasteiger partial charge is 0.248 e. The van der Waals surface area contributed by atoms with E-state index in [9.17, 15) is 4.79 Å². The number of hydrogen-bond acceptors (Lipinski definition) is 2. The summed E-state index contributed by atoms with van der Waals surface area (Å²) in [6.07, 6.45) is 3.73. The molecule has 0 aliphatic heterocycles. The van der Waals surface area contributed by atoms with Gasteiger partial charge in [-0.2, -0.15) is 0 Å². The van der Waals surface area contributed by atoms with E-state index >= 15 is 0 Å². The summed E-state index contributed by atoms with van der Waals surface area (Å²) in [5, 5.41) is 0. The summed E-state index contributed by atoms with van der Waals surface area (Å²) in [7, 11) is 3.56. The molecule has 0 spiro atoms. The van der Waals surface area contributed by atoms with Crippen molar-refractivity contribution in [2.24, 2.45) is 17.6 Å². The molecular formula is C12H22N2O. The number of carbonyl (C=O) groups excluding carboxylic acids is 1. The molecule has 0 heterocycles. The molecule has 1 aliphatic carbocycles. The van der Waals surface area contributed by atoms with E-state index < -0.39 is 0 Å². The van der Waals surface area contributed by atoms with Crippen molar-refractivity contribution in [3.8, 4) is 0 Å². The molecule has 0 fully saturated rings. The van der Waals surface area contributed by atoms with Gasteiger partial charge in [0, 0.05) is 25.7 Å². The van der Waals surface area contributed by atoms with Crippen LogP contribution in [0.4, 0.5) is 0 Å². The van der Waals surface area contributed by atoms with Gasteiger partial charge in [-0.1, -0.05) is 19.9 Å². The van der Waals surface area contributed by atoms with E-state index in [0.717, 1.165) is 18.4 Å². The Kier molecular flexibility index (Phi) is 3.91. The van der Waals surface area contributed by atoms with Crippen LogP contribution in [0.15, 0.2) is 11.6 Å². The fourth-order valence-electron chi connectivity index (χ4n) is 2.17. The second-order valence-electron chi connectivity index (χ2n) is 4.94. The van der Waals surface area contributed by atoms with Gasteiger partial charge in [0.15, 0.2) is 0 Å². The third-order valence-electron chi connectivity index (χ3n) is 3.18. The Morgan fingerprint density at radius 2 is 2.13 bits per heavy atom. The Morgan fingerprint density at radius 1 is 1.53 bits per heavy atom. The van der Waals surface area contributed by atoms with Crippen molar-refractivity contribution < 1.29 is 4.79 Å². The molecule has 0 saturated heterocycles. The summed E-state index contributed by atoms with van der Waals surface area (Å²) in [5.41, 5.74) is 6.98. The zero-order chi connectivity index (χ0) is 11.6. The Morgan fingerprint density at radius 3 is 2.53 bits per heavy atom. The molecule has 1 amide bonds. The first-order valence-electron chi connectivity index (χ1n) is 5.59. The summed E-state index contributed by atoms with van der Waals surface area (Å²) in [4.78, 5) is 13.3. The zero-order valence-corrected chi connectivity index (χ0v) is 10.2. The normalized spacial score (nSPS) is 26.4. The maximum absolute atomic E-state index is 11.7. The molecule has 3 nitrogen and oxygen atoms in total. The first kappa shape index (κ1) is 12.2. The number of allylic oxidation sites excluding steroid dienone is 1. The van der Waals surface area contributed by atoms with E-state index in [2.05, 4.69) is 19.9 Å². The fourth-order valence-corrected chi connectivity index (χ4v) is 2.17. The molecule has 0 aromatic carbocycles. The number of nitrogens with zero attached hydrogens (tertiary/aromatic N) is 1. The van der Waals surface area contributed by atoms with Gasteiger partial charge in [0.25, 0.3) is 0 Å². The monoisotopic (exact) mass is 210 g/mol. The van der Waals surface area contributed by atoms with E-state index in [0.29, 0.717) is 11.8 Å². The summed E-state index contributed by atoms with van der Waals surface area (Å²) >= 11 is 0. The third-order valence-corrected chi connectivity index (χ3v) is 3.18. The Bertz CT molecular complexity index is 269. The standard InChI is InChI=1S/C12H22N2O/c1-8(2)10-6-5-9(7-11(10)13)12(15)14(3)4/h5,8,10-11H,6-7,13H2,1-4H3/t10-,11+/m1/s1. The highest BCUT2D eigenvalue weighted by molar-refractivity contribution is 5.93. The average Bonchev–Trinajstić information content (AvgIpc) is 2.15. The molecule has 1 rings (SSSR count). The van der Waals surface area contributed by atoms with Crippen molar-refractivity contribution in [3.05, 3.63) is 11.6 Å². The van der Waals surface area contributed by atoms with Gasteiger partial charge in [-0.05, 0) is 24.7 Å². The first-order chi connectivity index (χ1) is 6.93. The topological polar surface area (TPSA) is 46.3 Å². The van der Waals surface area contributed by atoms with Crippen molar-refractivity contribution in [3.63, 3.8) is 0 Å². The molecular weight excluding hydrogens is 188 g/mol. The van der Waals surface area contributed by atoms with Gasteiger partial charge in [0.05, 0.1) is 0 Å². The lowest BCUT2D eigenvalue weighted by Gasteiger charge is -2.31. The van der Waals surface area contributed by atoms with Crippen LogP contribution in [-0.4, -0.2) is 30.9 Å². The highest BCUT2D eigenvalue weighted by Gasteiger charge is 2.27. The molecule has 0 aromatic heterocycles. The minimum Gasteiger partial charge on any atom is -0.345 e. The minimum atomic E-state index is 0.104. The third kappa shape index (κ3) is 2.81. The number of rotatable bonds is 2.